The molecule has 0 spiro atoms. The average molecular weight is 311 g/mol. The van der Waals surface area contributed by atoms with E-state index in [4.69, 9.17) is 10.5 Å². The van der Waals surface area contributed by atoms with Crippen molar-refractivity contribution in [2.75, 3.05) is 0 Å². The molecule has 0 saturated carbocycles. The zero-order valence-electron chi connectivity index (χ0n) is 13.8. The SMILES string of the molecule is CC(C)c1ccc(OCc2ccccc2)c(C2CC(N)NN2)c1. The van der Waals surface area contributed by atoms with Crippen molar-refractivity contribution < 1.29 is 4.74 Å². The predicted octanol–water partition coefficient (Wildman–Crippen LogP) is 3.21. The van der Waals surface area contributed by atoms with Crippen molar-refractivity contribution in [1.82, 2.24) is 10.9 Å². The third-order valence-electron chi connectivity index (χ3n) is 4.25. The fourth-order valence-electron chi connectivity index (χ4n) is 2.85. The van der Waals surface area contributed by atoms with E-state index >= 15 is 0 Å². The van der Waals surface area contributed by atoms with E-state index in [1.165, 1.54) is 16.7 Å². The fraction of sp³-hybridized carbons (Fsp3) is 0.368. The number of hydrazine groups is 1. The van der Waals surface area contributed by atoms with Crippen LogP contribution in [0.2, 0.25) is 0 Å². The van der Waals surface area contributed by atoms with E-state index in [1.807, 2.05) is 18.2 Å². The maximum absolute atomic E-state index is 6.10. The Hall–Kier alpha value is -1.88. The van der Waals surface area contributed by atoms with Gasteiger partial charge >= 0.3 is 0 Å². The zero-order valence-corrected chi connectivity index (χ0v) is 13.8. The third kappa shape index (κ3) is 3.91. The van der Waals surface area contributed by atoms with Gasteiger partial charge in [0.15, 0.2) is 0 Å². The molecule has 4 N–H and O–H groups in total. The largest absolute Gasteiger partial charge is 0.489 e. The molecule has 0 aliphatic carbocycles. The Morgan fingerprint density at radius 3 is 2.57 bits per heavy atom. The van der Waals surface area contributed by atoms with Crippen molar-refractivity contribution in [1.29, 1.82) is 0 Å². The van der Waals surface area contributed by atoms with Crippen LogP contribution in [-0.2, 0) is 6.61 Å². The van der Waals surface area contributed by atoms with Crippen LogP contribution in [0, 0.1) is 0 Å². The molecule has 4 nitrogen and oxygen atoms in total. The molecule has 1 aliphatic rings. The second kappa shape index (κ2) is 7.13. The number of ether oxygens (including phenoxy) is 1. The van der Waals surface area contributed by atoms with Gasteiger partial charge in [-0.2, -0.15) is 0 Å². The van der Waals surface area contributed by atoms with Crippen molar-refractivity contribution >= 4 is 0 Å². The molecule has 0 aromatic heterocycles. The van der Waals surface area contributed by atoms with Crippen LogP contribution >= 0.6 is 0 Å². The predicted molar refractivity (Wildman–Crippen MR) is 92.9 cm³/mol. The number of nitrogens with two attached hydrogens (primary N) is 1. The highest BCUT2D eigenvalue weighted by Gasteiger charge is 2.25. The molecule has 4 heteroatoms. The average Bonchev–Trinajstić information content (AvgIpc) is 3.00. The Bertz CT molecular complexity index is 642. The zero-order chi connectivity index (χ0) is 16.2. The van der Waals surface area contributed by atoms with Gasteiger partial charge in [-0.3, -0.25) is 0 Å². The maximum atomic E-state index is 6.10. The second-order valence-electron chi connectivity index (χ2n) is 6.41. The Kier molecular flexibility index (Phi) is 4.96. The van der Waals surface area contributed by atoms with Crippen LogP contribution in [0.1, 0.15) is 48.9 Å². The molecule has 2 aromatic rings. The molecule has 0 radical (unpaired) electrons. The van der Waals surface area contributed by atoms with E-state index in [0.717, 1.165) is 12.2 Å². The summed E-state index contributed by atoms with van der Waals surface area (Å²) < 4.78 is 6.10. The van der Waals surface area contributed by atoms with E-state index in [2.05, 4.69) is 55.0 Å². The Morgan fingerprint density at radius 2 is 1.91 bits per heavy atom. The van der Waals surface area contributed by atoms with Crippen LogP contribution in [-0.4, -0.2) is 6.17 Å². The molecule has 2 aromatic carbocycles. The van der Waals surface area contributed by atoms with Gasteiger partial charge in [0.05, 0.1) is 12.2 Å². The van der Waals surface area contributed by atoms with E-state index in [0.29, 0.717) is 12.5 Å². The molecule has 1 fully saturated rings. The van der Waals surface area contributed by atoms with Crippen LogP contribution in [0.3, 0.4) is 0 Å². The van der Waals surface area contributed by atoms with Crippen LogP contribution in [0.5, 0.6) is 5.75 Å². The first-order chi connectivity index (χ1) is 11.1. The molecule has 0 amide bonds. The van der Waals surface area contributed by atoms with Gasteiger partial charge in [0.25, 0.3) is 0 Å². The summed E-state index contributed by atoms with van der Waals surface area (Å²) >= 11 is 0. The van der Waals surface area contributed by atoms with Crippen molar-refractivity contribution in [2.24, 2.45) is 5.73 Å². The first-order valence-corrected chi connectivity index (χ1v) is 8.20. The molecule has 122 valence electrons. The van der Waals surface area contributed by atoms with Crippen molar-refractivity contribution in [3.8, 4) is 5.75 Å². The number of benzene rings is 2. The van der Waals surface area contributed by atoms with E-state index in [-0.39, 0.29) is 12.2 Å². The summed E-state index contributed by atoms with van der Waals surface area (Å²) in [7, 11) is 0. The molecule has 1 heterocycles. The maximum Gasteiger partial charge on any atom is 0.124 e. The minimum Gasteiger partial charge on any atom is -0.489 e. The summed E-state index contributed by atoms with van der Waals surface area (Å²) in [6, 6.07) is 16.9. The summed E-state index contributed by atoms with van der Waals surface area (Å²) in [6.07, 6.45) is 0.827. The second-order valence-corrected chi connectivity index (χ2v) is 6.41. The molecule has 3 rings (SSSR count). The number of hydrogen-bond acceptors (Lipinski definition) is 4. The number of hydrogen-bond donors (Lipinski definition) is 3. The summed E-state index contributed by atoms with van der Waals surface area (Å²) in [5.74, 6) is 1.41. The van der Waals surface area contributed by atoms with Crippen molar-refractivity contribution in [3.63, 3.8) is 0 Å². The van der Waals surface area contributed by atoms with Crippen LogP contribution in [0.4, 0.5) is 0 Å². The number of rotatable bonds is 5. The van der Waals surface area contributed by atoms with Gasteiger partial charge in [0, 0.05) is 5.56 Å². The molecule has 2 unspecified atom stereocenters. The van der Waals surface area contributed by atoms with Crippen LogP contribution in [0.15, 0.2) is 48.5 Å². The van der Waals surface area contributed by atoms with Gasteiger partial charge in [-0.1, -0.05) is 56.3 Å². The lowest BCUT2D eigenvalue weighted by molar-refractivity contribution is 0.299. The minimum absolute atomic E-state index is 0.0234. The van der Waals surface area contributed by atoms with E-state index < -0.39 is 0 Å². The molecule has 1 saturated heterocycles. The van der Waals surface area contributed by atoms with Crippen LogP contribution < -0.4 is 21.3 Å². The van der Waals surface area contributed by atoms with Gasteiger partial charge < -0.3 is 10.5 Å². The lowest BCUT2D eigenvalue weighted by Gasteiger charge is -2.18. The minimum atomic E-state index is -0.0234. The molecule has 23 heavy (non-hydrogen) atoms. The Labute approximate surface area is 138 Å². The number of nitrogens with one attached hydrogen (secondary N) is 2. The molecular weight excluding hydrogens is 286 g/mol. The van der Waals surface area contributed by atoms with Gasteiger partial charge in [0.1, 0.15) is 12.4 Å². The van der Waals surface area contributed by atoms with E-state index in [9.17, 15) is 0 Å². The topological polar surface area (TPSA) is 59.3 Å². The molecule has 1 aliphatic heterocycles. The molecule has 2 atom stereocenters. The van der Waals surface area contributed by atoms with E-state index in [1.54, 1.807) is 0 Å². The standard InChI is InChI=1S/C19H25N3O/c1-13(2)15-8-9-18(23-12-14-6-4-3-5-7-14)16(10-15)17-11-19(20)22-21-17/h3-10,13,17,19,21-22H,11-12,20H2,1-2H3. The summed E-state index contributed by atoms with van der Waals surface area (Å²) in [5, 5.41) is 0. The first kappa shape index (κ1) is 16.0. The Balaban J connectivity index is 1.83. The van der Waals surface area contributed by atoms with Gasteiger partial charge in [0.2, 0.25) is 0 Å². The smallest absolute Gasteiger partial charge is 0.124 e. The van der Waals surface area contributed by atoms with Crippen molar-refractivity contribution in [2.45, 2.75) is 45.0 Å². The third-order valence-corrected chi connectivity index (χ3v) is 4.25. The van der Waals surface area contributed by atoms with Gasteiger partial charge in [-0.05, 0) is 29.5 Å². The monoisotopic (exact) mass is 311 g/mol. The lowest BCUT2D eigenvalue weighted by atomic mass is 9.96. The molecular formula is C19H25N3O. The normalized spacial score (nSPS) is 20.9. The Morgan fingerprint density at radius 1 is 1.13 bits per heavy atom. The molecule has 0 bridgehead atoms. The summed E-state index contributed by atoms with van der Waals surface area (Å²) in [6.45, 7) is 4.98. The highest BCUT2D eigenvalue weighted by atomic mass is 16.5. The van der Waals surface area contributed by atoms with Crippen LogP contribution in [0.25, 0.3) is 0 Å². The summed E-state index contributed by atoms with van der Waals surface area (Å²) in [4.78, 5) is 0. The lowest BCUT2D eigenvalue weighted by Crippen LogP contribution is -2.36. The first-order valence-electron chi connectivity index (χ1n) is 8.20. The van der Waals surface area contributed by atoms with Gasteiger partial charge in [-0.25, -0.2) is 10.9 Å². The summed E-state index contributed by atoms with van der Waals surface area (Å²) in [5.41, 5.74) is 16.0. The highest BCUT2D eigenvalue weighted by molar-refractivity contribution is 5.41. The fourth-order valence-corrected chi connectivity index (χ4v) is 2.85. The quantitative estimate of drug-likeness (QED) is 0.793. The highest BCUT2D eigenvalue weighted by Crippen LogP contribution is 2.33. The van der Waals surface area contributed by atoms with Crippen molar-refractivity contribution in [3.05, 3.63) is 65.2 Å². The van der Waals surface area contributed by atoms with Gasteiger partial charge in [-0.15, -0.1) is 0 Å².